The predicted octanol–water partition coefficient (Wildman–Crippen LogP) is 2.84. The molecule has 0 aliphatic rings. The van der Waals surface area contributed by atoms with Crippen molar-refractivity contribution in [2.75, 3.05) is 25.1 Å². The van der Waals surface area contributed by atoms with Gasteiger partial charge in [-0.3, -0.25) is 4.79 Å². The van der Waals surface area contributed by atoms with E-state index in [1.54, 1.807) is 18.2 Å². The van der Waals surface area contributed by atoms with Gasteiger partial charge in [-0.15, -0.1) is 0 Å². The van der Waals surface area contributed by atoms with Gasteiger partial charge in [-0.25, -0.2) is 9.18 Å². The Bertz CT molecular complexity index is 1180. The monoisotopic (exact) mass is 450 g/mol. The highest BCUT2D eigenvalue weighted by Crippen LogP contribution is 2.28. The molecule has 164 valence electrons. The predicted molar refractivity (Wildman–Crippen MR) is 114 cm³/mol. The molecule has 1 aromatic heterocycles. The van der Waals surface area contributed by atoms with Crippen molar-refractivity contribution in [3.63, 3.8) is 0 Å². The second-order valence-corrected chi connectivity index (χ2v) is 7.09. The van der Waals surface area contributed by atoms with Crippen molar-refractivity contribution in [3.8, 4) is 5.75 Å². The molecule has 0 fully saturated rings. The molecular weight excluding hydrogens is 431 g/mol. The van der Waals surface area contributed by atoms with Gasteiger partial charge in [0.15, 0.2) is 5.75 Å². The number of hydrogen-bond acceptors (Lipinski definition) is 6. The van der Waals surface area contributed by atoms with Crippen molar-refractivity contribution in [1.82, 2.24) is 4.57 Å². The summed E-state index contributed by atoms with van der Waals surface area (Å²) in [5.41, 5.74) is 1.03. The summed E-state index contributed by atoms with van der Waals surface area (Å²) < 4.78 is 20.5. The van der Waals surface area contributed by atoms with E-state index in [0.717, 1.165) is 0 Å². The number of nitrogens with one attached hydrogen (secondary N) is 1. The average molecular weight is 451 g/mol. The fourth-order valence-corrected chi connectivity index (χ4v) is 3.55. The fourth-order valence-electron chi connectivity index (χ4n) is 3.36. The topological polar surface area (TPSA) is 121 Å². The number of carboxylic acid groups (broad SMARTS) is 1. The van der Waals surface area contributed by atoms with Gasteiger partial charge in [0.25, 0.3) is 0 Å². The molecule has 1 heterocycles. The Balaban J connectivity index is 2.24. The van der Waals surface area contributed by atoms with Gasteiger partial charge in [0, 0.05) is 19.5 Å². The zero-order valence-electron chi connectivity index (χ0n) is 16.3. The van der Waals surface area contributed by atoms with Gasteiger partial charge < -0.3 is 29.9 Å². The Kier molecular flexibility index (Phi) is 7.11. The first kappa shape index (κ1) is 22.5. The smallest absolute Gasteiger partial charge is 0.449 e. The van der Waals surface area contributed by atoms with E-state index in [9.17, 15) is 24.2 Å². The Morgan fingerprint density at radius 2 is 2.00 bits per heavy atom. The van der Waals surface area contributed by atoms with E-state index in [4.69, 9.17) is 16.7 Å². The Labute approximate surface area is 181 Å². The van der Waals surface area contributed by atoms with Crippen LogP contribution in [0.3, 0.4) is 0 Å². The number of carbonyl (C=O) groups is 1. The molecule has 0 atom stereocenters. The summed E-state index contributed by atoms with van der Waals surface area (Å²) >= 11 is 5.86. The number of anilines is 1. The maximum atomic E-state index is 14.4. The van der Waals surface area contributed by atoms with Gasteiger partial charge in [0.1, 0.15) is 5.82 Å². The van der Waals surface area contributed by atoms with E-state index >= 15 is 0 Å². The highest BCUT2D eigenvalue weighted by atomic mass is 35.5. The Hall–Kier alpha value is -3.14. The summed E-state index contributed by atoms with van der Waals surface area (Å²) in [7, 11) is 0. The molecule has 0 saturated heterocycles. The van der Waals surface area contributed by atoms with Crippen LogP contribution in [-0.4, -0.2) is 45.8 Å². The van der Waals surface area contributed by atoms with E-state index in [-0.39, 0.29) is 43.1 Å². The van der Waals surface area contributed by atoms with Crippen LogP contribution in [0.1, 0.15) is 11.1 Å². The van der Waals surface area contributed by atoms with Crippen LogP contribution in [0.15, 0.2) is 41.3 Å². The number of aromatic nitrogens is 1. The minimum atomic E-state index is -1.65. The standard InChI is InChI=1S/C21H20ClFN2O6/c22-15-3-1-2-13(18(15)23)8-12-9-14-19(16(10-12)24-4-6-26)25(5-7-27)11-17(20(14)28)31-21(29)30/h1-3,9-11,24,26-27H,4-8H2,(H,29,30). The van der Waals surface area contributed by atoms with Crippen molar-refractivity contribution < 1.29 is 29.2 Å². The number of fused-ring (bicyclic) bond motifs is 1. The highest BCUT2D eigenvalue weighted by molar-refractivity contribution is 6.30. The van der Waals surface area contributed by atoms with Crippen LogP contribution in [0.5, 0.6) is 5.75 Å². The van der Waals surface area contributed by atoms with Crippen LogP contribution in [0.2, 0.25) is 5.02 Å². The lowest BCUT2D eigenvalue weighted by atomic mass is 10.0. The van der Waals surface area contributed by atoms with E-state index in [1.165, 1.54) is 22.9 Å². The zero-order valence-corrected chi connectivity index (χ0v) is 17.0. The number of aliphatic hydroxyl groups excluding tert-OH is 2. The number of rotatable bonds is 8. The quantitative estimate of drug-likeness (QED) is 0.389. The maximum absolute atomic E-state index is 14.4. The van der Waals surface area contributed by atoms with Gasteiger partial charge in [0.2, 0.25) is 5.43 Å². The lowest BCUT2D eigenvalue weighted by Crippen LogP contribution is -2.19. The second-order valence-electron chi connectivity index (χ2n) is 6.69. The number of halogens is 2. The average Bonchev–Trinajstić information content (AvgIpc) is 2.72. The van der Waals surface area contributed by atoms with Gasteiger partial charge >= 0.3 is 6.16 Å². The molecule has 10 heteroatoms. The van der Waals surface area contributed by atoms with Crippen LogP contribution >= 0.6 is 11.6 Å². The summed E-state index contributed by atoms with van der Waals surface area (Å²) in [6, 6.07) is 7.83. The zero-order chi connectivity index (χ0) is 22.5. The SMILES string of the molecule is O=C(O)Oc1cn(CCO)c2c(NCCO)cc(Cc3cccc(Cl)c3F)cc2c1=O. The maximum Gasteiger partial charge on any atom is 0.511 e. The largest absolute Gasteiger partial charge is 0.511 e. The molecule has 8 nitrogen and oxygen atoms in total. The number of benzene rings is 2. The number of hydrogen-bond donors (Lipinski definition) is 4. The third-order valence-electron chi connectivity index (χ3n) is 4.59. The summed E-state index contributed by atoms with van der Waals surface area (Å²) in [6.07, 6.45) is -0.336. The molecule has 31 heavy (non-hydrogen) atoms. The molecule has 2 aromatic carbocycles. The van der Waals surface area contributed by atoms with Gasteiger partial charge in [-0.1, -0.05) is 23.7 Å². The van der Waals surface area contributed by atoms with E-state index in [2.05, 4.69) is 10.1 Å². The molecule has 4 N–H and O–H groups in total. The summed E-state index contributed by atoms with van der Waals surface area (Å²) in [5.74, 6) is -0.998. The number of ether oxygens (including phenoxy) is 1. The Morgan fingerprint density at radius 3 is 2.68 bits per heavy atom. The van der Waals surface area contributed by atoms with Gasteiger partial charge in [0.05, 0.1) is 41.0 Å². The lowest BCUT2D eigenvalue weighted by Gasteiger charge is -2.18. The molecule has 0 amide bonds. The van der Waals surface area contributed by atoms with E-state index in [0.29, 0.717) is 22.3 Å². The van der Waals surface area contributed by atoms with Crippen molar-refractivity contribution in [1.29, 1.82) is 0 Å². The first-order valence-electron chi connectivity index (χ1n) is 9.35. The van der Waals surface area contributed by atoms with Crippen molar-refractivity contribution in [2.24, 2.45) is 0 Å². The second kappa shape index (κ2) is 9.78. The van der Waals surface area contributed by atoms with Crippen LogP contribution in [-0.2, 0) is 13.0 Å². The molecule has 0 spiro atoms. The number of pyridine rings is 1. The van der Waals surface area contributed by atoms with E-state index < -0.39 is 23.2 Å². The number of aliphatic hydroxyl groups is 2. The summed E-state index contributed by atoms with van der Waals surface area (Å²) in [4.78, 5) is 23.9. The van der Waals surface area contributed by atoms with Gasteiger partial charge in [-0.05, 0) is 29.3 Å². The lowest BCUT2D eigenvalue weighted by molar-refractivity contribution is 0.143. The molecule has 3 aromatic rings. The normalized spacial score (nSPS) is 11.0. The molecule has 0 unspecified atom stereocenters. The molecule has 3 rings (SSSR count). The van der Waals surface area contributed by atoms with Gasteiger partial charge in [-0.2, -0.15) is 0 Å². The van der Waals surface area contributed by atoms with Crippen molar-refractivity contribution in [3.05, 3.63) is 68.7 Å². The van der Waals surface area contributed by atoms with Crippen molar-refractivity contribution in [2.45, 2.75) is 13.0 Å². The van der Waals surface area contributed by atoms with E-state index in [1.807, 2.05) is 0 Å². The fraction of sp³-hybridized carbons (Fsp3) is 0.238. The third kappa shape index (κ3) is 4.96. The van der Waals surface area contributed by atoms with Crippen LogP contribution in [0.25, 0.3) is 10.9 Å². The minimum absolute atomic E-state index is 0.0284. The van der Waals surface area contributed by atoms with Crippen LogP contribution in [0, 0.1) is 5.82 Å². The third-order valence-corrected chi connectivity index (χ3v) is 4.88. The molecule has 0 aliphatic carbocycles. The first-order valence-corrected chi connectivity index (χ1v) is 9.72. The molecule has 0 radical (unpaired) electrons. The first-order chi connectivity index (χ1) is 14.8. The van der Waals surface area contributed by atoms with Crippen molar-refractivity contribution >= 4 is 34.3 Å². The van der Waals surface area contributed by atoms with Crippen LogP contribution in [0.4, 0.5) is 14.9 Å². The summed E-state index contributed by atoms with van der Waals surface area (Å²) in [5, 5.41) is 30.7. The number of nitrogens with zero attached hydrogens (tertiary/aromatic N) is 1. The molecule has 0 aliphatic heterocycles. The Morgan fingerprint density at radius 1 is 1.23 bits per heavy atom. The molecule has 0 bridgehead atoms. The highest BCUT2D eigenvalue weighted by Gasteiger charge is 2.18. The summed E-state index contributed by atoms with van der Waals surface area (Å²) in [6.45, 7) is -0.230. The molecular formula is C21H20ClFN2O6. The van der Waals surface area contributed by atoms with Crippen LogP contribution < -0.4 is 15.5 Å². The minimum Gasteiger partial charge on any atom is -0.449 e. The molecule has 0 saturated carbocycles.